The van der Waals surface area contributed by atoms with Crippen LogP contribution in [0.3, 0.4) is 0 Å². The van der Waals surface area contributed by atoms with Gasteiger partial charge in [-0.3, -0.25) is 14.7 Å². The summed E-state index contributed by atoms with van der Waals surface area (Å²) in [5.41, 5.74) is 0.601. The molecule has 0 radical (unpaired) electrons. The summed E-state index contributed by atoms with van der Waals surface area (Å²) in [6.07, 6.45) is 1.38. The number of H-pyrrole nitrogens is 1. The predicted octanol–water partition coefficient (Wildman–Crippen LogP) is 2.89. The lowest BCUT2D eigenvalue weighted by atomic mass is 9.75. The molecule has 1 aromatic heterocycles. The molecular formula is C20H24FN3O3. The Kier molecular flexibility index (Phi) is 5.58. The van der Waals surface area contributed by atoms with E-state index in [2.05, 4.69) is 10.2 Å². The maximum absolute atomic E-state index is 14.2. The summed E-state index contributed by atoms with van der Waals surface area (Å²) in [5.74, 6) is -0.974. The monoisotopic (exact) mass is 373 g/mol. The standard InChI is InChI=1S/C20H24FN3O3/c1-3-27-19(26)20(12-15-7-4-5-8-16(15)21)9-6-10-24(13-20)18(25)17-11-14(2)22-23-17/h4-5,7-8,11H,3,6,9-10,12-13H2,1-2H3,(H,22,23)/t20-/m1/s1. The first-order chi connectivity index (χ1) is 12.9. The predicted molar refractivity (Wildman–Crippen MR) is 97.6 cm³/mol. The Balaban J connectivity index is 1.89. The Bertz CT molecular complexity index is 835. The van der Waals surface area contributed by atoms with Crippen LogP contribution in [0.5, 0.6) is 0 Å². The molecule has 27 heavy (non-hydrogen) atoms. The molecule has 3 rings (SSSR count). The van der Waals surface area contributed by atoms with Gasteiger partial charge in [0.05, 0.1) is 12.0 Å². The second-order valence-electron chi connectivity index (χ2n) is 7.04. The highest BCUT2D eigenvalue weighted by atomic mass is 19.1. The molecule has 0 unspecified atom stereocenters. The zero-order valence-corrected chi connectivity index (χ0v) is 15.6. The fourth-order valence-corrected chi connectivity index (χ4v) is 3.67. The second kappa shape index (κ2) is 7.90. The van der Waals surface area contributed by atoms with Gasteiger partial charge in [0, 0.05) is 18.8 Å². The maximum atomic E-state index is 14.2. The molecule has 1 aromatic carbocycles. The van der Waals surface area contributed by atoms with E-state index in [4.69, 9.17) is 4.74 Å². The number of likely N-dealkylation sites (tertiary alicyclic amines) is 1. The number of halogens is 1. The van der Waals surface area contributed by atoms with Crippen molar-refractivity contribution in [2.24, 2.45) is 5.41 Å². The number of rotatable bonds is 5. The smallest absolute Gasteiger partial charge is 0.314 e. The minimum Gasteiger partial charge on any atom is -0.466 e. The largest absolute Gasteiger partial charge is 0.466 e. The molecule has 1 amide bonds. The highest BCUT2D eigenvalue weighted by Crippen LogP contribution is 2.36. The van der Waals surface area contributed by atoms with Crippen LogP contribution in [-0.4, -0.2) is 46.7 Å². The number of hydrogen-bond acceptors (Lipinski definition) is 4. The first-order valence-corrected chi connectivity index (χ1v) is 9.17. The van der Waals surface area contributed by atoms with Gasteiger partial charge in [-0.25, -0.2) is 4.39 Å². The molecule has 6 nitrogen and oxygen atoms in total. The third-order valence-electron chi connectivity index (χ3n) is 4.98. The zero-order chi connectivity index (χ0) is 19.4. The lowest BCUT2D eigenvalue weighted by Crippen LogP contribution is -2.51. The van der Waals surface area contributed by atoms with Gasteiger partial charge in [0.25, 0.3) is 5.91 Å². The number of aromatic amines is 1. The van der Waals surface area contributed by atoms with Crippen LogP contribution in [0, 0.1) is 18.2 Å². The minimum absolute atomic E-state index is 0.185. The number of hydrogen-bond donors (Lipinski definition) is 1. The van der Waals surface area contributed by atoms with E-state index in [0.717, 1.165) is 5.69 Å². The topological polar surface area (TPSA) is 75.3 Å². The van der Waals surface area contributed by atoms with Crippen LogP contribution < -0.4 is 0 Å². The van der Waals surface area contributed by atoms with Crippen molar-refractivity contribution in [3.63, 3.8) is 0 Å². The number of esters is 1. The first-order valence-electron chi connectivity index (χ1n) is 9.17. The molecule has 1 atom stereocenters. The normalized spacial score (nSPS) is 19.7. The summed E-state index contributed by atoms with van der Waals surface area (Å²) in [6.45, 7) is 4.52. The van der Waals surface area contributed by atoms with Crippen molar-refractivity contribution >= 4 is 11.9 Å². The summed E-state index contributed by atoms with van der Waals surface area (Å²) in [5, 5.41) is 6.79. The number of amides is 1. The highest BCUT2D eigenvalue weighted by molar-refractivity contribution is 5.93. The summed E-state index contributed by atoms with van der Waals surface area (Å²) in [4.78, 5) is 27.3. The number of nitrogens with zero attached hydrogens (tertiary/aromatic N) is 2. The van der Waals surface area contributed by atoms with Crippen molar-refractivity contribution in [2.45, 2.75) is 33.1 Å². The maximum Gasteiger partial charge on any atom is 0.314 e. The third kappa shape index (κ3) is 4.02. The van der Waals surface area contributed by atoms with Gasteiger partial charge in [-0.1, -0.05) is 18.2 Å². The molecule has 0 aliphatic carbocycles. The molecular weight excluding hydrogens is 349 g/mol. The SMILES string of the molecule is CCOC(=O)[C@@]1(Cc2ccccc2F)CCCN(C(=O)c2cc(C)[nH]n2)C1. The molecule has 0 saturated carbocycles. The quantitative estimate of drug-likeness (QED) is 0.818. The van der Waals surface area contributed by atoms with Crippen LogP contribution in [-0.2, 0) is 16.0 Å². The van der Waals surface area contributed by atoms with Crippen LogP contribution in [0.1, 0.15) is 41.5 Å². The summed E-state index contributed by atoms with van der Waals surface area (Å²) in [6, 6.07) is 8.10. The Morgan fingerprint density at radius 2 is 2.15 bits per heavy atom. The van der Waals surface area contributed by atoms with Crippen molar-refractivity contribution in [1.29, 1.82) is 0 Å². The fourth-order valence-electron chi connectivity index (χ4n) is 3.67. The van der Waals surface area contributed by atoms with E-state index >= 15 is 0 Å². The number of carbonyl (C=O) groups excluding carboxylic acids is 2. The first kappa shape index (κ1) is 19.1. The number of aryl methyl sites for hydroxylation is 1. The summed E-state index contributed by atoms with van der Waals surface area (Å²) in [7, 11) is 0. The van der Waals surface area contributed by atoms with E-state index in [0.29, 0.717) is 30.6 Å². The van der Waals surface area contributed by atoms with Crippen LogP contribution in [0.2, 0.25) is 0 Å². The fraction of sp³-hybridized carbons (Fsp3) is 0.450. The van der Waals surface area contributed by atoms with Crippen molar-refractivity contribution < 1.29 is 18.7 Å². The molecule has 0 spiro atoms. The summed E-state index contributed by atoms with van der Waals surface area (Å²) < 4.78 is 19.6. The Labute approximate surface area is 157 Å². The van der Waals surface area contributed by atoms with Gasteiger partial charge in [0.15, 0.2) is 0 Å². The molecule has 1 aliphatic rings. The van der Waals surface area contributed by atoms with E-state index < -0.39 is 5.41 Å². The molecule has 144 valence electrons. The molecule has 0 bridgehead atoms. The van der Waals surface area contributed by atoms with Gasteiger partial charge in [-0.15, -0.1) is 0 Å². The van der Waals surface area contributed by atoms with E-state index in [1.165, 1.54) is 6.07 Å². The second-order valence-corrected chi connectivity index (χ2v) is 7.04. The van der Waals surface area contributed by atoms with E-state index in [9.17, 15) is 14.0 Å². The van der Waals surface area contributed by atoms with Crippen LogP contribution in [0.15, 0.2) is 30.3 Å². The van der Waals surface area contributed by atoms with E-state index in [-0.39, 0.29) is 37.3 Å². The lowest BCUT2D eigenvalue weighted by Gasteiger charge is -2.41. The van der Waals surface area contributed by atoms with Crippen LogP contribution >= 0.6 is 0 Å². The van der Waals surface area contributed by atoms with Gasteiger partial charge < -0.3 is 9.64 Å². The number of aromatic nitrogens is 2. The Morgan fingerprint density at radius 1 is 1.37 bits per heavy atom. The molecule has 2 aromatic rings. The average Bonchev–Trinajstić information content (AvgIpc) is 3.10. The van der Waals surface area contributed by atoms with Gasteiger partial charge >= 0.3 is 5.97 Å². The van der Waals surface area contributed by atoms with Crippen molar-refractivity contribution in [3.8, 4) is 0 Å². The Hall–Kier alpha value is -2.70. The zero-order valence-electron chi connectivity index (χ0n) is 15.6. The van der Waals surface area contributed by atoms with Gasteiger partial charge in [-0.2, -0.15) is 5.10 Å². The molecule has 7 heteroatoms. The van der Waals surface area contributed by atoms with E-state index in [1.807, 2.05) is 6.92 Å². The third-order valence-corrected chi connectivity index (χ3v) is 4.98. The molecule has 1 N–H and O–H groups in total. The number of benzene rings is 1. The molecule has 1 saturated heterocycles. The minimum atomic E-state index is -0.961. The molecule has 1 fully saturated rings. The number of nitrogens with one attached hydrogen (secondary N) is 1. The average molecular weight is 373 g/mol. The van der Waals surface area contributed by atoms with Gasteiger partial charge in [0.1, 0.15) is 11.5 Å². The van der Waals surface area contributed by atoms with E-state index in [1.54, 1.807) is 36.1 Å². The summed E-state index contributed by atoms with van der Waals surface area (Å²) >= 11 is 0. The molecule has 2 heterocycles. The number of piperidine rings is 1. The van der Waals surface area contributed by atoms with Gasteiger partial charge in [-0.05, 0) is 50.8 Å². The van der Waals surface area contributed by atoms with Crippen LogP contribution in [0.4, 0.5) is 4.39 Å². The van der Waals surface area contributed by atoms with Gasteiger partial charge in [0.2, 0.25) is 0 Å². The van der Waals surface area contributed by atoms with Crippen LogP contribution in [0.25, 0.3) is 0 Å². The van der Waals surface area contributed by atoms with Crippen molar-refractivity contribution in [2.75, 3.05) is 19.7 Å². The van der Waals surface area contributed by atoms with Crippen molar-refractivity contribution in [1.82, 2.24) is 15.1 Å². The number of ether oxygens (including phenoxy) is 1. The number of carbonyl (C=O) groups is 2. The Morgan fingerprint density at radius 3 is 2.81 bits per heavy atom. The highest BCUT2D eigenvalue weighted by Gasteiger charge is 2.45. The lowest BCUT2D eigenvalue weighted by molar-refractivity contribution is -0.158. The van der Waals surface area contributed by atoms with Crippen molar-refractivity contribution in [3.05, 3.63) is 53.1 Å². The molecule has 1 aliphatic heterocycles.